The van der Waals surface area contributed by atoms with Crippen LogP contribution in [0.4, 0.5) is 0 Å². The van der Waals surface area contributed by atoms with E-state index in [1.54, 1.807) is 0 Å². The molecule has 1 atom stereocenters. The average molecular weight is 211 g/mol. The van der Waals surface area contributed by atoms with Gasteiger partial charge < -0.3 is 10.6 Å². The Morgan fingerprint density at radius 3 is 2.67 bits per heavy atom. The van der Waals surface area contributed by atoms with Crippen molar-refractivity contribution >= 4 is 5.91 Å². The Bertz CT molecular complexity index is 240. The van der Waals surface area contributed by atoms with E-state index in [0.717, 1.165) is 26.1 Å². The molecule has 0 spiro atoms. The van der Waals surface area contributed by atoms with Crippen molar-refractivity contribution in [2.75, 3.05) is 26.2 Å². The predicted octanol–water partition coefficient (Wildman–Crippen LogP) is 0.0303. The highest BCUT2D eigenvalue weighted by molar-refractivity contribution is 5.79. The van der Waals surface area contributed by atoms with E-state index in [2.05, 4.69) is 11.8 Å². The molecule has 0 unspecified atom stereocenters. The molecule has 0 radical (unpaired) electrons. The summed E-state index contributed by atoms with van der Waals surface area (Å²) < 4.78 is 0. The van der Waals surface area contributed by atoms with Gasteiger partial charge in [-0.1, -0.05) is 0 Å². The Balaban J connectivity index is 1.80. The maximum Gasteiger partial charge on any atom is 0.236 e. The van der Waals surface area contributed by atoms with Crippen LogP contribution in [0, 0.1) is 0 Å². The number of carbonyl (C=O) groups excluding carboxylic acids is 1. The fraction of sp³-hybridized carbons (Fsp3) is 0.909. The van der Waals surface area contributed by atoms with Crippen molar-refractivity contribution in [3.63, 3.8) is 0 Å². The number of nitrogens with two attached hydrogens (primary N) is 1. The quantitative estimate of drug-likeness (QED) is 0.714. The number of hydrogen-bond acceptors (Lipinski definition) is 3. The van der Waals surface area contributed by atoms with Crippen LogP contribution in [0.3, 0.4) is 0 Å². The molecule has 86 valence electrons. The summed E-state index contributed by atoms with van der Waals surface area (Å²) in [5, 5.41) is 0. The van der Waals surface area contributed by atoms with E-state index in [0.29, 0.717) is 12.6 Å². The molecule has 1 aliphatic carbocycles. The number of nitrogens with zero attached hydrogens (tertiary/aromatic N) is 2. The second kappa shape index (κ2) is 4.49. The molecule has 2 rings (SSSR count). The molecule has 1 saturated heterocycles. The van der Waals surface area contributed by atoms with Gasteiger partial charge in [0.05, 0.1) is 6.54 Å². The molecule has 1 amide bonds. The molecule has 0 aromatic heterocycles. The van der Waals surface area contributed by atoms with E-state index in [1.165, 1.54) is 12.8 Å². The highest BCUT2D eigenvalue weighted by Gasteiger charge is 2.32. The Hall–Kier alpha value is -0.610. The van der Waals surface area contributed by atoms with Crippen LogP contribution in [-0.4, -0.2) is 54.0 Å². The molecule has 1 aliphatic heterocycles. The van der Waals surface area contributed by atoms with Crippen LogP contribution in [0.15, 0.2) is 0 Å². The van der Waals surface area contributed by atoms with Crippen molar-refractivity contribution in [3.05, 3.63) is 0 Å². The third-order valence-corrected chi connectivity index (χ3v) is 3.32. The minimum Gasteiger partial charge on any atom is -0.339 e. The second-order valence-corrected chi connectivity index (χ2v) is 4.69. The first-order valence-corrected chi connectivity index (χ1v) is 5.98. The van der Waals surface area contributed by atoms with Crippen molar-refractivity contribution in [2.24, 2.45) is 5.73 Å². The third kappa shape index (κ3) is 2.69. The van der Waals surface area contributed by atoms with Gasteiger partial charge in [-0.15, -0.1) is 0 Å². The zero-order chi connectivity index (χ0) is 10.8. The third-order valence-electron chi connectivity index (χ3n) is 3.32. The second-order valence-electron chi connectivity index (χ2n) is 4.69. The van der Waals surface area contributed by atoms with Crippen molar-refractivity contribution in [1.29, 1.82) is 0 Å². The maximum atomic E-state index is 12.0. The number of rotatable bonds is 4. The lowest BCUT2D eigenvalue weighted by atomic mass is 10.3. The molecule has 15 heavy (non-hydrogen) atoms. The molecule has 1 saturated carbocycles. The van der Waals surface area contributed by atoms with Gasteiger partial charge >= 0.3 is 0 Å². The molecule has 2 fully saturated rings. The van der Waals surface area contributed by atoms with Gasteiger partial charge in [0.2, 0.25) is 5.91 Å². The number of hydrogen-bond donors (Lipinski definition) is 1. The highest BCUT2D eigenvalue weighted by Crippen LogP contribution is 2.26. The number of likely N-dealkylation sites (tertiary alicyclic amines) is 1. The van der Waals surface area contributed by atoms with Crippen LogP contribution in [-0.2, 0) is 4.79 Å². The first kappa shape index (κ1) is 10.9. The molecule has 4 heteroatoms. The van der Waals surface area contributed by atoms with Gasteiger partial charge in [0, 0.05) is 31.7 Å². The molecule has 0 aromatic rings. The molecule has 0 bridgehead atoms. The van der Waals surface area contributed by atoms with Gasteiger partial charge in [0.15, 0.2) is 0 Å². The van der Waals surface area contributed by atoms with Crippen molar-refractivity contribution < 1.29 is 4.79 Å². The van der Waals surface area contributed by atoms with Crippen LogP contribution < -0.4 is 5.73 Å². The fourth-order valence-corrected chi connectivity index (χ4v) is 2.31. The Morgan fingerprint density at radius 2 is 2.20 bits per heavy atom. The lowest BCUT2D eigenvalue weighted by Gasteiger charge is -2.23. The zero-order valence-corrected chi connectivity index (χ0v) is 9.48. The molecular weight excluding hydrogens is 190 g/mol. The van der Waals surface area contributed by atoms with Gasteiger partial charge in [0.25, 0.3) is 0 Å². The van der Waals surface area contributed by atoms with Crippen LogP contribution in [0.2, 0.25) is 0 Å². The van der Waals surface area contributed by atoms with Crippen molar-refractivity contribution in [2.45, 2.75) is 38.3 Å². The summed E-state index contributed by atoms with van der Waals surface area (Å²) in [5.74, 6) is 0.286. The molecule has 2 aliphatic rings. The first-order valence-electron chi connectivity index (χ1n) is 5.98. The summed E-state index contributed by atoms with van der Waals surface area (Å²) in [4.78, 5) is 16.2. The van der Waals surface area contributed by atoms with E-state index >= 15 is 0 Å². The Kier molecular flexibility index (Phi) is 3.26. The zero-order valence-electron chi connectivity index (χ0n) is 9.48. The van der Waals surface area contributed by atoms with Crippen molar-refractivity contribution in [1.82, 2.24) is 9.80 Å². The summed E-state index contributed by atoms with van der Waals surface area (Å²) in [6, 6.07) is 0.813. The molecular formula is C11H21N3O. The van der Waals surface area contributed by atoms with E-state index < -0.39 is 0 Å². The average Bonchev–Trinajstić information content (AvgIpc) is 2.93. The van der Waals surface area contributed by atoms with Gasteiger partial charge in [-0.25, -0.2) is 0 Å². The monoisotopic (exact) mass is 211 g/mol. The number of likely N-dealkylation sites (N-methyl/N-ethyl adjacent to an activating group) is 1. The van der Waals surface area contributed by atoms with Crippen LogP contribution in [0.1, 0.15) is 26.2 Å². The van der Waals surface area contributed by atoms with Gasteiger partial charge in [0.1, 0.15) is 0 Å². The van der Waals surface area contributed by atoms with Crippen molar-refractivity contribution in [3.8, 4) is 0 Å². The normalized spacial score (nSPS) is 26.9. The van der Waals surface area contributed by atoms with Crippen LogP contribution in [0.5, 0.6) is 0 Å². The molecule has 4 nitrogen and oxygen atoms in total. The summed E-state index contributed by atoms with van der Waals surface area (Å²) in [6.45, 7) is 5.34. The minimum atomic E-state index is 0.272. The maximum absolute atomic E-state index is 12.0. The highest BCUT2D eigenvalue weighted by atomic mass is 16.2. The van der Waals surface area contributed by atoms with E-state index in [1.807, 2.05) is 4.90 Å². The van der Waals surface area contributed by atoms with Crippen LogP contribution >= 0.6 is 0 Å². The standard InChI is InChI=1S/C11H21N3O/c1-2-14(10-3-4-10)11(15)8-13-6-5-9(12)7-13/h9-10H,2-8,12H2,1H3/t9-/m0/s1. The largest absolute Gasteiger partial charge is 0.339 e. The number of amides is 1. The lowest BCUT2D eigenvalue weighted by molar-refractivity contribution is -0.132. The molecule has 2 N–H and O–H groups in total. The minimum absolute atomic E-state index is 0.272. The van der Waals surface area contributed by atoms with E-state index in [-0.39, 0.29) is 11.9 Å². The summed E-state index contributed by atoms with van der Waals surface area (Å²) in [5.41, 5.74) is 5.82. The van der Waals surface area contributed by atoms with Gasteiger partial charge in [-0.2, -0.15) is 0 Å². The van der Waals surface area contributed by atoms with Gasteiger partial charge in [-0.05, 0) is 26.2 Å². The molecule has 1 heterocycles. The molecule has 0 aromatic carbocycles. The lowest BCUT2D eigenvalue weighted by Crippen LogP contribution is -2.41. The Morgan fingerprint density at radius 1 is 1.47 bits per heavy atom. The Labute approximate surface area is 91.4 Å². The fourth-order valence-electron chi connectivity index (χ4n) is 2.31. The topological polar surface area (TPSA) is 49.6 Å². The summed E-state index contributed by atoms with van der Waals surface area (Å²) >= 11 is 0. The summed E-state index contributed by atoms with van der Waals surface area (Å²) in [6.07, 6.45) is 3.42. The smallest absolute Gasteiger partial charge is 0.236 e. The predicted molar refractivity (Wildman–Crippen MR) is 59.4 cm³/mol. The van der Waals surface area contributed by atoms with Gasteiger partial charge in [-0.3, -0.25) is 9.69 Å². The summed E-state index contributed by atoms with van der Waals surface area (Å²) in [7, 11) is 0. The van der Waals surface area contributed by atoms with E-state index in [9.17, 15) is 4.79 Å². The number of carbonyl (C=O) groups is 1. The first-order chi connectivity index (χ1) is 7.20. The van der Waals surface area contributed by atoms with Crippen LogP contribution in [0.25, 0.3) is 0 Å². The SMILES string of the molecule is CCN(C(=O)CN1CC[C@H](N)C1)C1CC1. The van der Waals surface area contributed by atoms with E-state index in [4.69, 9.17) is 5.73 Å².